The highest BCUT2D eigenvalue weighted by Gasteiger charge is 2.53. The molecule has 1 aromatic rings. The summed E-state index contributed by atoms with van der Waals surface area (Å²) in [4.78, 5) is 31.7. The van der Waals surface area contributed by atoms with Gasteiger partial charge in [-0.15, -0.1) is 0 Å². The van der Waals surface area contributed by atoms with Crippen molar-refractivity contribution in [3.63, 3.8) is 0 Å². The highest BCUT2D eigenvalue weighted by Crippen LogP contribution is 2.36. The molecule has 2 amide bonds. The first-order valence-electron chi connectivity index (χ1n) is 13.3. The Balaban J connectivity index is 1.44. The van der Waals surface area contributed by atoms with Crippen LogP contribution in [0.2, 0.25) is 0 Å². The van der Waals surface area contributed by atoms with Crippen molar-refractivity contribution in [2.24, 2.45) is 13.0 Å². The number of amides is 2. The Morgan fingerprint density at radius 2 is 1.85 bits per heavy atom. The van der Waals surface area contributed by atoms with Crippen LogP contribution in [0, 0.1) is 5.92 Å². The van der Waals surface area contributed by atoms with Crippen molar-refractivity contribution in [2.75, 3.05) is 19.6 Å². The summed E-state index contributed by atoms with van der Waals surface area (Å²) in [5.41, 5.74) is 0.621. The predicted octanol–water partition coefficient (Wildman–Crippen LogP) is 3.33. The smallest absolute Gasteiger partial charge is 0.246 e. The molecule has 1 saturated carbocycles. The first kappa shape index (κ1) is 24.2. The summed E-state index contributed by atoms with van der Waals surface area (Å²) in [6.07, 6.45) is 16.0. The molecule has 3 heterocycles. The Labute approximate surface area is 199 Å². The van der Waals surface area contributed by atoms with Gasteiger partial charge in [0.05, 0.1) is 0 Å². The molecule has 2 saturated heterocycles. The lowest BCUT2D eigenvalue weighted by molar-refractivity contribution is -0.672. The van der Waals surface area contributed by atoms with E-state index in [1.807, 2.05) is 18.1 Å². The quantitative estimate of drug-likeness (QED) is 0.507. The minimum atomic E-state index is -0.663. The molecular weight excluding hydrogens is 412 g/mol. The average Bonchev–Trinajstić information content (AvgIpc) is 3.08. The lowest BCUT2D eigenvalue weighted by Gasteiger charge is -2.52. The molecule has 1 atom stereocenters. The first-order chi connectivity index (χ1) is 16.0. The number of hydrogen-bond donors (Lipinski definition) is 1. The maximum absolute atomic E-state index is 13.7. The van der Waals surface area contributed by atoms with Crippen LogP contribution in [0.1, 0.15) is 83.1 Å². The lowest BCUT2D eigenvalue weighted by Crippen LogP contribution is -2.73. The second-order valence-corrected chi connectivity index (χ2v) is 10.6. The zero-order valence-corrected chi connectivity index (χ0v) is 20.7. The van der Waals surface area contributed by atoms with Crippen molar-refractivity contribution >= 4 is 11.8 Å². The highest BCUT2D eigenvalue weighted by atomic mass is 16.2. The van der Waals surface area contributed by atoms with Crippen molar-refractivity contribution in [2.45, 2.75) is 95.7 Å². The molecule has 3 aliphatic rings. The molecule has 6 nitrogen and oxygen atoms in total. The number of pyridine rings is 1. The number of likely N-dealkylation sites (tertiary alicyclic amines) is 1. The van der Waals surface area contributed by atoms with Crippen LogP contribution in [0.3, 0.4) is 0 Å². The summed E-state index contributed by atoms with van der Waals surface area (Å²) < 4.78 is 2.08. The van der Waals surface area contributed by atoms with Gasteiger partial charge in [-0.1, -0.05) is 51.9 Å². The van der Waals surface area contributed by atoms with Gasteiger partial charge in [0.1, 0.15) is 18.6 Å². The van der Waals surface area contributed by atoms with Gasteiger partial charge >= 0.3 is 0 Å². The number of carbonyl (C=O) groups is 2. The molecule has 1 aliphatic carbocycles. The molecule has 1 spiro atoms. The Hall–Kier alpha value is -1.95. The van der Waals surface area contributed by atoms with E-state index in [4.69, 9.17) is 0 Å². The number of piperidine rings is 1. The molecule has 0 radical (unpaired) electrons. The van der Waals surface area contributed by atoms with Crippen LogP contribution >= 0.6 is 0 Å². The van der Waals surface area contributed by atoms with Gasteiger partial charge < -0.3 is 10.2 Å². The van der Waals surface area contributed by atoms with Crippen LogP contribution in [-0.2, 0) is 23.2 Å². The van der Waals surface area contributed by atoms with Crippen LogP contribution in [0.4, 0.5) is 0 Å². The van der Waals surface area contributed by atoms with E-state index in [2.05, 4.69) is 40.0 Å². The van der Waals surface area contributed by atoms with Crippen molar-refractivity contribution in [1.82, 2.24) is 15.1 Å². The second kappa shape index (κ2) is 11.0. The van der Waals surface area contributed by atoms with Crippen molar-refractivity contribution < 1.29 is 14.2 Å². The number of aryl methyl sites for hydroxylation is 1. The molecule has 182 valence electrons. The maximum Gasteiger partial charge on any atom is 0.246 e. The number of carbonyl (C=O) groups excluding carboxylic acids is 2. The molecule has 0 aromatic carbocycles. The number of hydrogen-bond acceptors (Lipinski definition) is 3. The van der Waals surface area contributed by atoms with Crippen LogP contribution in [0.5, 0.6) is 0 Å². The Bertz CT molecular complexity index is 810. The summed E-state index contributed by atoms with van der Waals surface area (Å²) in [5, 5.41) is 3.22. The number of aromatic nitrogens is 1. The number of piperazine rings is 1. The number of nitrogens with one attached hydrogen (secondary N) is 1. The van der Waals surface area contributed by atoms with Gasteiger partial charge in [-0.05, 0) is 37.7 Å². The molecule has 2 aliphatic heterocycles. The molecule has 1 unspecified atom stereocenters. The summed E-state index contributed by atoms with van der Waals surface area (Å²) in [6, 6.07) is 3.91. The third kappa shape index (κ3) is 5.59. The minimum Gasteiger partial charge on any atom is -0.342 e. The zero-order valence-electron chi connectivity index (χ0n) is 20.7. The predicted molar refractivity (Wildman–Crippen MR) is 129 cm³/mol. The van der Waals surface area contributed by atoms with E-state index in [0.29, 0.717) is 12.5 Å². The highest BCUT2D eigenvalue weighted by molar-refractivity contribution is 6.00. The molecular formula is C27H43N4O2+. The van der Waals surface area contributed by atoms with Gasteiger partial charge in [0.2, 0.25) is 11.8 Å². The number of rotatable bonds is 7. The molecule has 6 heteroatoms. The van der Waals surface area contributed by atoms with Crippen molar-refractivity contribution in [3.05, 3.63) is 30.1 Å². The summed E-state index contributed by atoms with van der Waals surface area (Å²) in [6.45, 7) is 5.44. The Morgan fingerprint density at radius 3 is 2.52 bits per heavy atom. The third-order valence-corrected chi connectivity index (χ3v) is 8.18. The van der Waals surface area contributed by atoms with Gasteiger partial charge in [-0.3, -0.25) is 14.5 Å². The summed E-state index contributed by atoms with van der Waals surface area (Å²) in [5.74, 6) is 0.844. The van der Waals surface area contributed by atoms with Crippen LogP contribution in [0.25, 0.3) is 0 Å². The van der Waals surface area contributed by atoms with Crippen LogP contribution in [0.15, 0.2) is 24.5 Å². The molecule has 1 aromatic heterocycles. The van der Waals surface area contributed by atoms with Crippen LogP contribution in [-0.4, -0.2) is 52.8 Å². The van der Waals surface area contributed by atoms with E-state index in [-0.39, 0.29) is 17.9 Å². The Morgan fingerprint density at radius 1 is 1.12 bits per heavy atom. The van der Waals surface area contributed by atoms with Gasteiger partial charge in [-0.25, -0.2) is 4.57 Å². The number of unbranched alkanes of at least 4 members (excludes halogenated alkanes) is 1. The fraction of sp³-hybridized carbons (Fsp3) is 0.741. The summed E-state index contributed by atoms with van der Waals surface area (Å²) in [7, 11) is 2.05. The lowest BCUT2D eigenvalue weighted by atomic mass is 9.80. The topological polar surface area (TPSA) is 56.5 Å². The van der Waals surface area contributed by atoms with Crippen molar-refractivity contribution in [1.29, 1.82) is 0 Å². The normalized spacial score (nSPS) is 24.7. The molecule has 3 fully saturated rings. The van der Waals surface area contributed by atoms with E-state index in [9.17, 15) is 9.59 Å². The monoisotopic (exact) mass is 455 g/mol. The fourth-order valence-corrected chi connectivity index (χ4v) is 6.19. The van der Waals surface area contributed by atoms with Gasteiger partial charge in [0.15, 0.2) is 12.4 Å². The average molecular weight is 456 g/mol. The van der Waals surface area contributed by atoms with E-state index in [1.54, 1.807) is 0 Å². The van der Waals surface area contributed by atoms with Crippen molar-refractivity contribution in [3.8, 4) is 0 Å². The maximum atomic E-state index is 13.7. The fourth-order valence-electron chi connectivity index (χ4n) is 6.19. The van der Waals surface area contributed by atoms with E-state index < -0.39 is 5.54 Å². The Kier molecular flexibility index (Phi) is 8.05. The summed E-state index contributed by atoms with van der Waals surface area (Å²) >= 11 is 0. The van der Waals surface area contributed by atoms with Gasteiger partial charge in [0.25, 0.3) is 0 Å². The minimum absolute atomic E-state index is 0.0996. The van der Waals surface area contributed by atoms with E-state index >= 15 is 0 Å². The van der Waals surface area contributed by atoms with Gasteiger partial charge in [-0.2, -0.15) is 0 Å². The van der Waals surface area contributed by atoms with E-state index in [0.717, 1.165) is 51.7 Å². The molecule has 1 N–H and O–H groups in total. The largest absolute Gasteiger partial charge is 0.342 e. The second-order valence-electron chi connectivity index (χ2n) is 10.6. The molecule has 4 rings (SSSR count). The first-order valence-corrected chi connectivity index (χ1v) is 13.3. The molecule has 0 bridgehead atoms. The van der Waals surface area contributed by atoms with Gasteiger partial charge in [0, 0.05) is 37.8 Å². The van der Waals surface area contributed by atoms with E-state index in [1.165, 1.54) is 44.1 Å². The third-order valence-electron chi connectivity index (χ3n) is 8.18. The zero-order chi connectivity index (χ0) is 23.3. The standard InChI is InChI=1S/C27H42N4O2/c1-3-4-16-31-25(32)24(19-22-10-7-5-6-8-11-22)28-26(33)27(31)13-17-30(18-14-27)21-23-12-9-15-29(2)20-23/h9,12,15,20,22,24H,3-8,10-11,13-14,16-19,21H2,1-2H3/p+1. The molecule has 33 heavy (non-hydrogen) atoms. The SMILES string of the molecule is CCCCN1C(=O)C(CC2CCCCCC2)NC(=O)C12CCN(Cc1ccc[n+](C)c1)CC2. The number of nitrogens with zero attached hydrogens (tertiary/aromatic N) is 3. The van der Waals surface area contributed by atoms with Crippen LogP contribution < -0.4 is 9.88 Å².